The Morgan fingerprint density at radius 2 is 2.08 bits per heavy atom. The van der Waals surface area contributed by atoms with Gasteiger partial charge in [0, 0.05) is 18.2 Å². The van der Waals surface area contributed by atoms with Crippen molar-refractivity contribution >= 4 is 0 Å². The quantitative estimate of drug-likeness (QED) is 0.801. The molecule has 4 heteroatoms. The van der Waals surface area contributed by atoms with Gasteiger partial charge in [-0.25, -0.2) is 4.39 Å². The molecule has 2 saturated carbocycles. The van der Waals surface area contributed by atoms with Crippen LogP contribution in [0.4, 0.5) is 4.39 Å². The van der Waals surface area contributed by atoms with Crippen LogP contribution in [0.15, 0.2) is 24.3 Å². The van der Waals surface area contributed by atoms with Gasteiger partial charge in [-0.15, -0.1) is 0 Å². The summed E-state index contributed by atoms with van der Waals surface area (Å²) in [4.78, 5) is 0. The second kappa shape index (κ2) is 6.74. The van der Waals surface area contributed by atoms with Gasteiger partial charge >= 0.3 is 0 Å². The lowest BCUT2D eigenvalue weighted by Crippen LogP contribution is -2.47. The van der Waals surface area contributed by atoms with Crippen LogP contribution in [-0.2, 0) is 11.3 Å². The van der Waals surface area contributed by atoms with Crippen LogP contribution in [0.25, 0.3) is 0 Å². The van der Waals surface area contributed by atoms with Gasteiger partial charge in [-0.05, 0) is 42.1 Å². The van der Waals surface area contributed by atoms with Crippen LogP contribution in [0.2, 0.25) is 0 Å². The van der Waals surface area contributed by atoms with Crippen LogP contribution in [0.5, 0.6) is 0 Å². The van der Waals surface area contributed by atoms with Crippen LogP contribution in [0.1, 0.15) is 45.6 Å². The summed E-state index contributed by atoms with van der Waals surface area (Å²) in [7, 11) is 0. The molecule has 2 N–H and O–H groups in total. The molecule has 0 aromatic heterocycles. The highest BCUT2D eigenvalue weighted by molar-refractivity contribution is 5.16. The normalized spacial score (nSPS) is 32.2. The van der Waals surface area contributed by atoms with E-state index in [0.29, 0.717) is 29.0 Å². The number of fused-ring (bicyclic) bond motifs is 2. The van der Waals surface area contributed by atoms with E-state index in [0.717, 1.165) is 5.92 Å². The van der Waals surface area contributed by atoms with Gasteiger partial charge in [0.1, 0.15) is 5.82 Å². The monoisotopic (exact) mass is 335 g/mol. The van der Waals surface area contributed by atoms with Crippen molar-refractivity contribution in [3.8, 4) is 0 Å². The molecule has 24 heavy (non-hydrogen) atoms. The molecule has 1 aromatic carbocycles. The third kappa shape index (κ3) is 3.12. The predicted octanol–water partition coefficient (Wildman–Crippen LogP) is 3.51. The Balaban J connectivity index is 1.42. The summed E-state index contributed by atoms with van der Waals surface area (Å²) in [5.74, 6) is 0.525. The Hall–Kier alpha value is -0.970. The van der Waals surface area contributed by atoms with E-state index in [9.17, 15) is 9.50 Å². The van der Waals surface area contributed by atoms with Gasteiger partial charge in [-0.1, -0.05) is 39.0 Å². The van der Waals surface area contributed by atoms with Crippen molar-refractivity contribution in [2.75, 3.05) is 13.2 Å². The Morgan fingerprint density at radius 1 is 1.33 bits per heavy atom. The highest BCUT2D eigenvalue weighted by Gasteiger charge is 2.60. The fourth-order valence-electron chi connectivity index (χ4n) is 4.77. The molecule has 4 unspecified atom stereocenters. The number of hydrogen-bond donors (Lipinski definition) is 2. The largest absolute Gasteiger partial charge is 0.389 e. The highest BCUT2D eigenvalue weighted by atomic mass is 19.1. The minimum absolute atomic E-state index is 0.194. The zero-order valence-electron chi connectivity index (χ0n) is 15.0. The number of nitrogens with one attached hydrogen (secondary N) is 1. The molecule has 0 radical (unpaired) electrons. The zero-order chi connectivity index (χ0) is 17.4. The Labute approximate surface area is 144 Å². The van der Waals surface area contributed by atoms with Crippen molar-refractivity contribution in [2.24, 2.45) is 16.7 Å². The van der Waals surface area contributed by atoms with E-state index in [4.69, 9.17) is 4.74 Å². The summed E-state index contributed by atoms with van der Waals surface area (Å²) in [6.07, 6.45) is 3.23. The number of benzene rings is 1. The van der Waals surface area contributed by atoms with Crippen molar-refractivity contribution in [1.29, 1.82) is 0 Å². The molecule has 0 amide bonds. The summed E-state index contributed by atoms with van der Waals surface area (Å²) in [5.41, 5.74) is 1.21. The van der Waals surface area contributed by atoms with Crippen molar-refractivity contribution in [2.45, 2.75) is 58.8 Å². The number of aliphatic hydroxyl groups excluding tert-OH is 1. The van der Waals surface area contributed by atoms with Gasteiger partial charge in [-0.3, -0.25) is 0 Å². The lowest BCUT2D eigenvalue weighted by atomic mass is 9.69. The van der Waals surface area contributed by atoms with Gasteiger partial charge in [0.25, 0.3) is 0 Å². The molecule has 0 saturated heterocycles. The molecule has 2 aliphatic carbocycles. The Bertz CT molecular complexity index is 577. The Kier molecular flexibility index (Phi) is 5.01. The Morgan fingerprint density at radius 3 is 2.71 bits per heavy atom. The third-order valence-corrected chi connectivity index (χ3v) is 6.92. The number of rotatable bonds is 7. The third-order valence-electron chi connectivity index (χ3n) is 6.92. The van der Waals surface area contributed by atoms with E-state index in [1.165, 1.54) is 25.3 Å². The first-order valence-corrected chi connectivity index (χ1v) is 9.07. The van der Waals surface area contributed by atoms with Crippen molar-refractivity contribution < 1.29 is 14.2 Å². The molecular formula is C20H30FNO2. The molecule has 0 spiro atoms. The lowest BCUT2D eigenvalue weighted by Gasteiger charge is -2.40. The van der Waals surface area contributed by atoms with E-state index in [2.05, 4.69) is 26.1 Å². The van der Waals surface area contributed by atoms with E-state index in [-0.39, 0.29) is 19.0 Å². The fourth-order valence-corrected chi connectivity index (χ4v) is 4.77. The number of ether oxygens (including phenoxy) is 1. The fraction of sp³-hybridized carbons (Fsp3) is 0.700. The molecule has 0 heterocycles. The molecule has 3 rings (SSSR count). The van der Waals surface area contributed by atoms with Crippen molar-refractivity contribution in [3.05, 3.63) is 35.6 Å². The second-order valence-electron chi connectivity index (χ2n) is 8.33. The molecule has 3 nitrogen and oxygen atoms in total. The average molecular weight is 335 g/mol. The maximum Gasteiger partial charge on any atom is 0.128 e. The van der Waals surface area contributed by atoms with Gasteiger partial charge in [0.2, 0.25) is 0 Å². The standard InChI is InChI=1S/C20H30FNO2/c1-19(2)15-8-9-20(19,3)18(10-15)22-11-16(23)13-24-12-14-6-4-5-7-17(14)21/h4-7,15-16,18,22-23H,8-13H2,1-3H3. The summed E-state index contributed by atoms with van der Waals surface area (Å²) < 4.78 is 19.0. The summed E-state index contributed by atoms with van der Waals surface area (Å²) in [6, 6.07) is 7.05. The first-order valence-electron chi connectivity index (χ1n) is 9.07. The number of aliphatic hydroxyl groups is 1. The van der Waals surface area contributed by atoms with E-state index in [1.807, 2.05) is 0 Å². The molecule has 4 atom stereocenters. The summed E-state index contributed by atoms with van der Waals surface area (Å²) in [5, 5.41) is 13.7. The molecule has 1 aromatic rings. The second-order valence-corrected chi connectivity index (χ2v) is 8.33. The predicted molar refractivity (Wildman–Crippen MR) is 93.1 cm³/mol. The molecule has 0 aliphatic heterocycles. The van der Waals surface area contributed by atoms with Crippen LogP contribution in [0, 0.1) is 22.6 Å². The average Bonchev–Trinajstić information content (AvgIpc) is 2.88. The van der Waals surface area contributed by atoms with Gasteiger partial charge < -0.3 is 15.2 Å². The molecule has 2 aliphatic rings. The first-order chi connectivity index (χ1) is 11.3. The van der Waals surface area contributed by atoms with Crippen LogP contribution < -0.4 is 5.32 Å². The number of hydrogen-bond acceptors (Lipinski definition) is 3. The SMILES string of the molecule is CC1(C)C2CCC1(C)C(NCC(O)COCc1ccccc1F)C2. The van der Waals surface area contributed by atoms with Crippen molar-refractivity contribution in [3.63, 3.8) is 0 Å². The minimum Gasteiger partial charge on any atom is -0.389 e. The lowest BCUT2D eigenvalue weighted by molar-refractivity contribution is 0.0223. The van der Waals surface area contributed by atoms with E-state index < -0.39 is 6.10 Å². The first kappa shape index (κ1) is 17.8. The zero-order valence-corrected chi connectivity index (χ0v) is 15.0. The van der Waals surface area contributed by atoms with Crippen LogP contribution >= 0.6 is 0 Å². The maximum absolute atomic E-state index is 13.5. The summed E-state index contributed by atoms with van der Waals surface area (Å²) >= 11 is 0. The smallest absolute Gasteiger partial charge is 0.128 e. The maximum atomic E-state index is 13.5. The molecule has 2 bridgehead atoms. The molecule has 2 fully saturated rings. The topological polar surface area (TPSA) is 41.5 Å². The highest BCUT2D eigenvalue weighted by Crippen LogP contribution is 2.65. The molecule has 134 valence electrons. The van der Waals surface area contributed by atoms with Gasteiger partial charge in [0.05, 0.1) is 19.3 Å². The summed E-state index contributed by atoms with van der Waals surface area (Å²) in [6.45, 7) is 8.11. The number of halogens is 1. The van der Waals surface area contributed by atoms with Crippen molar-refractivity contribution in [1.82, 2.24) is 5.32 Å². The van der Waals surface area contributed by atoms with E-state index in [1.54, 1.807) is 18.2 Å². The minimum atomic E-state index is -0.567. The molecular weight excluding hydrogens is 305 g/mol. The van der Waals surface area contributed by atoms with Crippen LogP contribution in [-0.4, -0.2) is 30.4 Å². The van der Waals surface area contributed by atoms with E-state index >= 15 is 0 Å². The van der Waals surface area contributed by atoms with Crippen LogP contribution in [0.3, 0.4) is 0 Å². The van der Waals surface area contributed by atoms with Gasteiger partial charge in [-0.2, -0.15) is 0 Å². The van der Waals surface area contributed by atoms with Gasteiger partial charge in [0.15, 0.2) is 0 Å².